The average molecular weight is 429 g/mol. The van der Waals surface area contributed by atoms with Crippen LogP contribution < -0.4 is 0 Å². The molecule has 2 rings (SSSR count). The summed E-state index contributed by atoms with van der Waals surface area (Å²) in [6, 6.07) is 4.54. The van der Waals surface area contributed by atoms with Gasteiger partial charge in [-0.2, -0.15) is 4.31 Å². The summed E-state index contributed by atoms with van der Waals surface area (Å²) in [5.74, 6) is -2.02. The van der Waals surface area contributed by atoms with Crippen molar-refractivity contribution in [1.82, 2.24) is 9.21 Å². The average Bonchev–Trinajstić information content (AvgIpc) is 2.66. The van der Waals surface area contributed by atoms with Crippen LogP contribution in [0.5, 0.6) is 0 Å². The number of hydrogen-bond donors (Lipinski definition) is 0. The van der Waals surface area contributed by atoms with E-state index in [1.807, 2.05) is 27.7 Å². The number of carbonyl (C=O) groups is 2. The highest BCUT2D eigenvalue weighted by atomic mass is 32.2. The third kappa shape index (κ3) is 5.76. The van der Waals surface area contributed by atoms with Crippen molar-refractivity contribution in [1.29, 1.82) is 0 Å². The molecular formula is C20H29FN2O5S. The number of amides is 1. The van der Waals surface area contributed by atoms with Crippen molar-refractivity contribution in [2.75, 3.05) is 19.7 Å². The van der Waals surface area contributed by atoms with Gasteiger partial charge in [0, 0.05) is 25.2 Å². The summed E-state index contributed by atoms with van der Waals surface area (Å²) < 4.78 is 45.0. The van der Waals surface area contributed by atoms with Gasteiger partial charge in [-0.05, 0) is 64.8 Å². The van der Waals surface area contributed by atoms with E-state index in [0.717, 1.165) is 12.1 Å². The monoisotopic (exact) mass is 428 g/mol. The Labute approximate surface area is 171 Å². The second-order valence-corrected chi connectivity index (χ2v) is 9.69. The first kappa shape index (κ1) is 23.3. The van der Waals surface area contributed by atoms with Crippen LogP contribution in [0.25, 0.3) is 0 Å². The number of esters is 1. The molecule has 1 fully saturated rings. The van der Waals surface area contributed by atoms with Crippen molar-refractivity contribution in [3.8, 4) is 0 Å². The van der Waals surface area contributed by atoms with Crippen LogP contribution in [0.4, 0.5) is 4.39 Å². The molecule has 1 heterocycles. The Hall–Kier alpha value is -2.00. The van der Waals surface area contributed by atoms with Gasteiger partial charge in [-0.25, -0.2) is 12.8 Å². The molecule has 1 atom stereocenters. The first-order valence-corrected chi connectivity index (χ1v) is 11.2. The van der Waals surface area contributed by atoms with E-state index >= 15 is 0 Å². The van der Waals surface area contributed by atoms with Gasteiger partial charge in [-0.3, -0.25) is 9.59 Å². The van der Waals surface area contributed by atoms with Gasteiger partial charge in [0.25, 0.3) is 5.91 Å². The lowest BCUT2D eigenvalue weighted by Gasteiger charge is -2.32. The first-order valence-electron chi connectivity index (χ1n) is 9.77. The molecule has 0 radical (unpaired) electrons. The minimum atomic E-state index is -3.83. The maximum Gasteiger partial charge on any atom is 0.310 e. The maximum atomic E-state index is 13.1. The van der Waals surface area contributed by atoms with Crippen LogP contribution in [0, 0.1) is 11.7 Å². The number of halogens is 1. The molecule has 1 aliphatic heterocycles. The van der Waals surface area contributed by atoms with Gasteiger partial charge in [0.1, 0.15) is 5.82 Å². The smallest absolute Gasteiger partial charge is 0.310 e. The van der Waals surface area contributed by atoms with Crippen LogP contribution in [0.15, 0.2) is 29.2 Å². The fourth-order valence-corrected chi connectivity index (χ4v) is 5.13. The molecule has 9 heteroatoms. The van der Waals surface area contributed by atoms with Crippen molar-refractivity contribution in [2.45, 2.75) is 57.5 Å². The summed E-state index contributed by atoms with van der Waals surface area (Å²) in [6.07, 6.45) is 0.985. The lowest BCUT2D eigenvalue weighted by atomic mass is 10.00. The van der Waals surface area contributed by atoms with Gasteiger partial charge >= 0.3 is 5.97 Å². The Morgan fingerprint density at radius 3 is 2.31 bits per heavy atom. The predicted octanol–water partition coefficient (Wildman–Crippen LogP) is 2.42. The lowest BCUT2D eigenvalue weighted by Crippen LogP contribution is -2.45. The zero-order chi connectivity index (χ0) is 21.8. The van der Waals surface area contributed by atoms with Gasteiger partial charge in [0.15, 0.2) is 6.61 Å². The van der Waals surface area contributed by atoms with Crippen LogP contribution >= 0.6 is 0 Å². The van der Waals surface area contributed by atoms with E-state index in [9.17, 15) is 22.4 Å². The number of piperidine rings is 1. The van der Waals surface area contributed by atoms with Crippen LogP contribution in [-0.4, -0.2) is 61.3 Å². The minimum Gasteiger partial charge on any atom is -0.455 e. The summed E-state index contributed by atoms with van der Waals surface area (Å²) in [4.78, 5) is 26.4. The Morgan fingerprint density at radius 2 is 1.76 bits per heavy atom. The number of ether oxygens (including phenoxy) is 1. The normalized spacial score (nSPS) is 18.1. The summed E-state index contributed by atoms with van der Waals surface area (Å²) in [7, 11) is -3.83. The molecule has 1 unspecified atom stereocenters. The van der Waals surface area contributed by atoms with E-state index in [1.165, 1.54) is 16.4 Å². The molecule has 1 aromatic carbocycles. The van der Waals surface area contributed by atoms with E-state index in [4.69, 9.17) is 4.74 Å². The van der Waals surface area contributed by atoms with Crippen molar-refractivity contribution >= 4 is 21.9 Å². The molecule has 1 aromatic rings. The molecule has 0 aromatic heterocycles. The summed E-state index contributed by atoms with van der Waals surface area (Å²) in [5.41, 5.74) is 0. The van der Waals surface area contributed by atoms with Crippen molar-refractivity contribution in [3.63, 3.8) is 0 Å². The predicted molar refractivity (Wildman–Crippen MR) is 106 cm³/mol. The molecule has 1 saturated heterocycles. The largest absolute Gasteiger partial charge is 0.455 e. The second-order valence-electron chi connectivity index (χ2n) is 7.75. The minimum absolute atomic E-state index is 0.0207. The van der Waals surface area contributed by atoms with E-state index in [2.05, 4.69) is 0 Å². The number of nitrogens with zero attached hydrogens (tertiary/aromatic N) is 2. The van der Waals surface area contributed by atoms with E-state index < -0.39 is 27.7 Å². The number of rotatable bonds is 7. The van der Waals surface area contributed by atoms with E-state index in [1.54, 1.807) is 4.90 Å². The zero-order valence-corrected chi connectivity index (χ0v) is 18.1. The maximum absolute atomic E-state index is 13.1. The molecule has 0 N–H and O–H groups in total. The molecule has 162 valence electrons. The molecule has 7 nitrogen and oxygen atoms in total. The third-order valence-corrected chi connectivity index (χ3v) is 6.79. The van der Waals surface area contributed by atoms with Gasteiger partial charge < -0.3 is 9.64 Å². The Kier molecular flexibility index (Phi) is 7.76. The highest BCUT2D eigenvalue weighted by Crippen LogP contribution is 2.24. The highest BCUT2D eigenvalue weighted by molar-refractivity contribution is 7.89. The quantitative estimate of drug-likeness (QED) is 0.623. The standard InChI is InChI=1S/C20H29FN2O5S/c1-14(2)23(15(3)4)19(24)13-28-20(25)16-6-5-11-22(12-16)29(26,27)18-9-7-17(21)8-10-18/h7-10,14-16H,5-6,11-13H2,1-4H3. The highest BCUT2D eigenvalue weighted by Gasteiger charge is 2.34. The van der Waals surface area contributed by atoms with Gasteiger partial charge in [0.2, 0.25) is 10.0 Å². The van der Waals surface area contributed by atoms with Crippen LogP contribution in [0.3, 0.4) is 0 Å². The Morgan fingerprint density at radius 1 is 1.17 bits per heavy atom. The van der Waals surface area contributed by atoms with Crippen LogP contribution in [0.2, 0.25) is 0 Å². The zero-order valence-electron chi connectivity index (χ0n) is 17.3. The summed E-state index contributed by atoms with van der Waals surface area (Å²) in [6.45, 7) is 7.44. The van der Waals surface area contributed by atoms with Crippen LogP contribution in [0.1, 0.15) is 40.5 Å². The molecular weight excluding hydrogens is 399 g/mol. The van der Waals surface area contributed by atoms with E-state index in [0.29, 0.717) is 12.8 Å². The third-order valence-electron chi connectivity index (χ3n) is 4.91. The lowest BCUT2D eigenvalue weighted by molar-refractivity contribution is -0.157. The van der Waals surface area contributed by atoms with Crippen molar-refractivity contribution in [2.24, 2.45) is 5.92 Å². The molecule has 0 spiro atoms. The Bertz CT molecular complexity index is 816. The number of hydrogen-bond acceptors (Lipinski definition) is 5. The second kappa shape index (κ2) is 9.67. The molecule has 0 aliphatic carbocycles. The molecule has 0 saturated carbocycles. The first-order chi connectivity index (χ1) is 13.5. The SMILES string of the molecule is CC(C)N(C(=O)COC(=O)C1CCCN(S(=O)(=O)c2ccc(F)cc2)C1)C(C)C. The molecule has 1 aliphatic rings. The van der Waals surface area contributed by atoms with Crippen LogP contribution in [-0.2, 0) is 24.3 Å². The Balaban J connectivity index is 2.00. The fraction of sp³-hybridized carbons (Fsp3) is 0.600. The summed E-state index contributed by atoms with van der Waals surface area (Å²) >= 11 is 0. The van der Waals surface area contributed by atoms with E-state index in [-0.39, 0.29) is 42.6 Å². The number of sulfonamides is 1. The molecule has 0 bridgehead atoms. The van der Waals surface area contributed by atoms with Crippen molar-refractivity contribution in [3.05, 3.63) is 30.1 Å². The van der Waals surface area contributed by atoms with Gasteiger partial charge in [0.05, 0.1) is 10.8 Å². The van der Waals surface area contributed by atoms with Gasteiger partial charge in [-0.15, -0.1) is 0 Å². The van der Waals surface area contributed by atoms with Crippen molar-refractivity contribution < 1.29 is 27.1 Å². The van der Waals surface area contributed by atoms with Gasteiger partial charge in [-0.1, -0.05) is 0 Å². The number of benzene rings is 1. The molecule has 1 amide bonds. The molecule has 29 heavy (non-hydrogen) atoms. The topological polar surface area (TPSA) is 84.0 Å². The summed E-state index contributed by atoms with van der Waals surface area (Å²) in [5, 5.41) is 0. The number of carbonyl (C=O) groups excluding carboxylic acids is 2. The fourth-order valence-electron chi connectivity index (χ4n) is 3.61.